The van der Waals surface area contributed by atoms with Gasteiger partial charge in [-0.05, 0) is 64.6 Å². The highest BCUT2D eigenvalue weighted by atomic mass is 19.1. The molecule has 7 heteroatoms. The first kappa shape index (κ1) is 26.1. The van der Waals surface area contributed by atoms with E-state index in [4.69, 9.17) is 9.84 Å². The first-order valence-corrected chi connectivity index (χ1v) is 11.5. The Balaban J connectivity index is 1.98. The Kier molecular flexibility index (Phi) is 9.11. The standard InChI is InChI=1S/C28H30FNO5/c1-18(2)26-15-24(35-17-21-5-3-4-12-30-21)16-27(19-6-8-20(29)9-7-19)25(26)11-10-22(31)13-23(32)14-28(33)34/h3-12,15-16,18,22-23,31-32H,13-14,17H2,1-2H3,(H,33,34)/b11-10+. The zero-order valence-corrected chi connectivity index (χ0v) is 19.8. The van der Waals surface area contributed by atoms with E-state index in [2.05, 4.69) is 4.98 Å². The largest absolute Gasteiger partial charge is 0.487 e. The summed E-state index contributed by atoms with van der Waals surface area (Å²) in [5, 5.41) is 29.0. The number of aromatic nitrogens is 1. The van der Waals surface area contributed by atoms with Crippen LogP contribution in [0.2, 0.25) is 0 Å². The number of benzene rings is 2. The molecule has 1 aromatic heterocycles. The molecule has 2 unspecified atom stereocenters. The number of carboxylic acid groups (broad SMARTS) is 1. The van der Waals surface area contributed by atoms with Crippen molar-refractivity contribution in [2.75, 3.05) is 0 Å². The first-order valence-electron chi connectivity index (χ1n) is 11.5. The maximum atomic E-state index is 13.6. The second-order valence-electron chi connectivity index (χ2n) is 8.66. The van der Waals surface area contributed by atoms with Gasteiger partial charge in [0, 0.05) is 12.6 Å². The van der Waals surface area contributed by atoms with Crippen LogP contribution in [-0.2, 0) is 11.4 Å². The molecule has 0 aliphatic rings. The average molecular weight is 480 g/mol. The molecule has 0 bridgehead atoms. The minimum atomic E-state index is -1.16. The number of hydrogen-bond donors (Lipinski definition) is 3. The van der Waals surface area contributed by atoms with Crippen LogP contribution < -0.4 is 4.74 Å². The Bertz CT molecular complexity index is 1150. The summed E-state index contributed by atoms with van der Waals surface area (Å²) in [6.07, 6.45) is 2.26. The second kappa shape index (κ2) is 12.2. The monoisotopic (exact) mass is 479 g/mol. The summed E-state index contributed by atoms with van der Waals surface area (Å²) in [4.78, 5) is 15.1. The van der Waals surface area contributed by atoms with Gasteiger partial charge in [0.1, 0.15) is 18.2 Å². The van der Waals surface area contributed by atoms with Crippen LogP contribution in [0.25, 0.3) is 17.2 Å². The Morgan fingerprint density at radius 1 is 1.11 bits per heavy atom. The topological polar surface area (TPSA) is 99.9 Å². The van der Waals surface area contributed by atoms with E-state index < -0.39 is 24.6 Å². The summed E-state index contributed by atoms with van der Waals surface area (Å²) in [5.41, 5.74) is 4.13. The third kappa shape index (κ3) is 7.73. The molecule has 0 saturated carbocycles. The number of carboxylic acids is 1. The first-order chi connectivity index (χ1) is 16.7. The Labute approximate surface area is 204 Å². The lowest BCUT2D eigenvalue weighted by atomic mass is 9.89. The number of nitrogens with zero attached hydrogens (tertiary/aromatic N) is 1. The van der Waals surface area contributed by atoms with E-state index in [9.17, 15) is 19.4 Å². The number of aliphatic hydroxyl groups is 2. The fourth-order valence-electron chi connectivity index (χ4n) is 3.75. The van der Waals surface area contributed by atoms with Crippen LogP contribution in [-0.4, -0.2) is 38.5 Å². The molecule has 0 amide bonds. The lowest BCUT2D eigenvalue weighted by Gasteiger charge is -2.19. The van der Waals surface area contributed by atoms with Gasteiger partial charge in [0.25, 0.3) is 0 Å². The van der Waals surface area contributed by atoms with Gasteiger partial charge in [-0.1, -0.05) is 44.2 Å². The van der Waals surface area contributed by atoms with Gasteiger partial charge in [-0.3, -0.25) is 9.78 Å². The molecule has 0 aliphatic carbocycles. The smallest absolute Gasteiger partial charge is 0.305 e. The number of ether oxygens (including phenoxy) is 1. The van der Waals surface area contributed by atoms with Gasteiger partial charge in [0.15, 0.2) is 0 Å². The molecule has 0 radical (unpaired) electrons. The molecule has 2 aromatic carbocycles. The van der Waals surface area contributed by atoms with Crippen molar-refractivity contribution in [3.63, 3.8) is 0 Å². The predicted octanol–water partition coefficient (Wildman–Crippen LogP) is 5.19. The second-order valence-corrected chi connectivity index (χ2v) is 8.66. The molecular weight excluding hydrogens is 449 g/mol. The quantitative estimate of drug-likeness (QED) is 0.350. The van der Waals surface area contributed by atoms with E-state index in [1.54, 1.807) is 24.4 Å². The molecular formula is C28H30FNO5. The van der Waals surface area contributed by atoms with E-state index >= 15 is 0 Å². The third-order valence-corrected chi connectivity index (χ3v) is 5.48. The van der Waals surface area contributed by atoms with E-state index in [0.717, 1.165) is 27.9 Å². The van der Waals surface area contributed by atoms with Crippen molar-refractivity contribution in [2.24, 2.45) is 0 Å². The number of carbonyl (C=O) groups is 1. The van der Waals surface area contributed by atoms with Gasteiger partial charge in [0.05, 0.1) is 24.3 Å². The lowest BCUT2D eigenvalue weighted by Crippen LogP contribution is -2.19. The lowest BCUT2D eigenvalue weighted by molar-refractivity contribution is -0.139. The molecule has 1 heterocycles. The molecule has 35 heavy (non-hydrogen) atoms. The maximum absolute atomic E-state index is 13.6. The molecule has 3 N–H and O–H groups in total. The van der Waals surface area contributed by atoms with Crippen LogP contribution in [0.4, 0.5) is 4.39 Å². The Morgan fingerprint density at radius 2 is 1.86 bits per heavy atom. The van der Waals surface area contributed by atoms with Crippen molar-refractivity contribution in [2.45, 2.75) is 51.4 Å². The normalized spacial score (nSPS) is 13.2. The Hall–Kier alpha value is -3.55. The highest BCUT2D eigenvalue weighted by Crippen LogP contribution is 2.36. The molecule has 6 nitrogen and oxygen atoms in total. The molecule has 184 valence electrons. The minimum Gasteiger partial charge on any atom is -0.487 e. The fraction of sp³-hybridized carbons (Fsp3) is 0.286. The van der Waals surface area contributed by atoms with Crippen LogP contribution in [0, 0.1) is 5.82 Å². The highest BCUT2D eigenvalue weighted by molar-refractivity contribution is 5.79. The van der Waals surface area contributed by atoms with Gasteiger partial charge in [-0.25, -0.2) is 4.39 Å². The maximum Gasteiger partial charge on any atom is 0.305 e. The number of aliphatic hydroxyl groups excluding tert-OH is 2. The van der Waals surface area contributed by atoms with E-state index in [-0.39, 0.29) is 24.8 Å². The minimum absolute atomic E-state index is 0.0991. The molecule has 0 spiro atoms. The molecule has 3 aromatic rings. The zero-order valence-electron chi connectivity index (χ0n) is 19.8. The highest BCUT2D eigenvalue weighted by Gasteiger charge is 2.17. The van der Waals surface area contributed by atoms with Gasteiger partial charge in [-0.2, -0.15) is 0 Å². The fourth-order valence-corrected chi connectivity index (χ4v) is 3.75. The van der Waals surface area contributed by atoms with Crippen LogP contribution in [0.1, 0.15) is 49.4 Å². The van der Waals surface area contributed by atoms with E-state index in [1.807, 2.05) is 44.2 Å². The average Bonchev–Trinajstić information content (AvgIpc) is 2.81. The summed E-state index contributed by atoms with van der Waals surface area (Å²) < 4.78 is 19.7. The van der Waals surface area contributed by atoms with Crippen molar-refractivity contribution < 1.29 is 29.2 Å². The van der Waals surface area contributed by atoms with Gasteiger partial charge >= 0.3 is 5.97 Å². The van der Waals surface area contributed by atoms with Crippen molar-refractivity contribution in [1.82, 2.24) is 4.98 Å². The molecule has 0 saturated heterocycles. The number of hydrogen-bond acceptors (Lipinski definition) is 5. The van der Waals surface area contributed by atoms with Gasteiger partial charge in [-0.15, -0.1) is 0 Å². The van der Waals surface area contributed by atoms with Crippen molar-refractivity contribution in [1.29, 1.82) is 0 Å². The summed E-state index contributed by atoms with van der Waals surface area (Å²) in [5.74, 6) is -0.744. The molecule has 2 atom stereocenters. The van der Waals surface area contributed by atoms with Crippen LogP contribution in [0.3, 0.4) is 0 Å². The van der Waals surface area contributed by atoms with E-state index in [1.165, 1.54) is 18.2 Å². The number of pyridine rings is 1. The SMILES string of the molecule is CC(C)c1cc(OCc2ccccn2)cc(-c2ccc(F)cc2)c1/C=C/C(O)CC(O)CC(=O)O. The van der Waals surface area contributed by atoms with Crippen LogP contribution >= 0.6 is 0 Å². The Morgan fingerprint density at radius 3 is 2.49 bits per heavy atom. The number of halogens is 1. The summed E-state index contributed by atoms with van der Waals surface area (Å²) in [6.45, 7) is 4.37. The molecule has 0 aliphatic heterocycles. The number of rotatable bonds is 11. The van der Waals surface area contributed by atoms with Crippen molar-refractivity contribution in [3.05, 3.63) is 89.5 Å². The van der Waals surface area contributed by atoms with Crippen molar-refractivity contribution in [3.8, 4) is 16.9 Å². The predicted molar refractivity (Wildman–Crippen MR) is 132 cm³/mol. The summed E-state index contributed by atoms with van der Waals surface area (Å²) in [7, 11) is 0. The summed E-state index contributed by atoms with van der Waals surface area (Å²) in [6, 6.07) is 15.5. The molecule has 3 rings (SSSR count). The summed E-state index contributed by atoms with van der Waals surface area (Å²) >= 11 is 0. The van der Waals surface area contributed by atoms with Crippen LogP contribution in [0.15, 0.2) is 66.9 Å². The van der Waals surface area contributed by atoms with Crippen LogP contribution in [0.5, 0.6) is 5.75 Å². The third-order valence-electron chi connectivity index (χ3n) is 5.48. The van der Waals surface area contributed by atoms with Gasteiger partial charge < -0.3 is 20.1 Å². The zero-order chi connectivity index (χ0) is 25.4. The molecule has 0 fully saturated rings. The number of aliphatic carboxylic acids is 1. The van der Waals surface area contributed by atoms with Gasteiger partial charge in [0.2, 0.25) is 0 Å². The van der Waals surface area contributed by atoms with E-state index in [0.29, 0.717) is 5.75 Å². The van der Waals surface area contributed by atoms with Crippen molar-refractivity contribution >= 4 is 12.0 Å².